The lowest BCUT2D eigenvalue weighted by Gasteiger charge is -2.00. The molecule has 0 amide bonds. The van der Waals surface area contributed by atoms with Crippen molar-refractivity contribution < 1.29 is 4.40 Å². The first-order valence-corrected chi connectivity index (χ1v) is 6.48. The third-order valence-corrected chi connectivity index (χ3v) is 3.56. The number of nitrogens with one attached hydrogen (secondary N) is 1. The SMILES string of the molecule is Cc1ccc2n(C)c(-c3ccc(C(=N)N)cc3)c[n+]2c1. The number of aromatic nitrogens is 2. The van der Waals surface area contributed by atoms with Gasteiger partial charge in [-0.2, -0.15) is 0 Å². The maximum absolute atomic E-state index is 7.43. The molecule has 0 aliphatic heterocycles. The molecule has 0 radical (unpaired) electrons. The van der Waals surface area contributed by atoms with Crippen molar-refractivity contribution in [2.75, 3.05) is 0 Å². The third-order valence-electron chi connectivity index (χ3n) is 3.56. The summed E-state index contributed by atoms with van der Waals surface area (Å²) in [5.74, 6) is 0.0959. The maximum Gasteiger partial charge on any atom is 0.286 e. The van der Waals surface area contributed by atoms with Crippen LogP contribution in [0.4, 0.5) is 0 Å². The van der Waals surface area contributed by atoms with E-state index < -0.39 is 0 Å². The molecule has 20 heavy (non-hydrogen) atoms. The van der Waals surface area contributed by atoms with E-state index in [2.05, 4.69) is 47.5 Å². The van der Waals surface area contributed by atoms with Gasteiger partial charge in [0.05, 0.1) is 13.2 Å². The highest BCUT2D eigenvalue weighted by atomic mass is 15.1. The van der Waals surface area contributed by atoms with E-state index >= 15 is 0 Å². The Kier molecular flexibility index (Phi) is 2.79. The number of fused-ring (bicyclic) bond motifs is 1. The van der Waals surface area contributed by atoms with E-state index in [0.29, 0.717) is 0 Å². The van der Waals surface area contributed by atoms with Crippen LogP contribution in [0.1, 0.15) is 11.1 Å². The van der Waals surface area contributed by atoms with Gasteiger partial charge in [0, 0.05) is 17.2 Å². The van der Waals surface area contributed by atoms with Gasteiger partial charge in [-0.25, -0.2) is 8.97 Å². The second-order valence-corrected chi connectivity index (χ2v) is 5.04. The van der Waals surface area contributed by atoms with Crippen LogP contribution in [0.15, 0.2) is 48.8 Å². The first-order valence-electron chi connectivity index (χ1n) is 6.48. The van der Waals surface area contributed by atoms with Crippen LogP contribution in [0.3, 0.4) is 0 Å². The Morgan fingerprint density at radius 1 is 1.10 bits per heavy atom. The molecule has 0 atom stereocenters. The van der Waals surface area contributed by atoms with E-state index in [4.69, 9.17) is 11.1 Å². The highest BCUT2D eigenvalue weighted by Gasteiger charge is 2.15. The molecule has 1 aromatic carbocycles. The Bertz CT molecular complexity index is 797. The van der Waals surface area contributed by atoms with Gasteiger partial charge in [0.15, 0.2) is 5.69 Å². The van der Waals surface area contributed by atoms with Crippen molar-refractivity contribution >= 4 is 11.5 Å². The highest BCUT2D eigenvalue weighted by Crippen LogP contribution is 2.20. The van der Waals surface area contributed by atoms with E-state index in [1.54, 1.807) is 0 Å². The molecule has 3 N–H and O–H groups in total. The fourth-order valence-corrected chi connectivity index (χ4v) is 2.44. The van der Waals surface area contributed by atoms with Crippen molar-refractivity contribution in [1.82, 2.24) is 4.57 Å². The number of amidine groups is 1. The monoisotopic (exact) mass is 265 g/mol. The van der Waals surface area contributed by atoms with Crippen LogP contribution in [0.25, 0.3) is 16.9 Å². The van der Waals surface area contributed by atoms with E-state index in [9.17, 15) is 0 Å². The minimum Gasteiger partial charge on any atom is -0.384 e. The smallest absolute Gasteiger partial charge is 0.286 e. The van der Waals surface area contributed by atoms with E-state index in [1.165, 1.54) is 5.56 Å². The van der Waals surface area contributed by atoms with Crippen LogP contribution in [-0.4, -0.2) is 10.4 Å². The molecule has 0 spiro atoms. The molecule has 0 unspecified atom stereocenters. The van der Waals surface area contributed by atoms with Gasteiger partial charge < -0.3 is 5.73 Å². The summed E-state index contributed by atoms with van der Waals surface area (Å²) in [5.41, 5.74) is 10.8. The lowest BCUT2D eigenvalue weighted by molar-refractivity contribution is -0.510. The van der Waals surface area contributed by atoms with Crippen LogP contribution in [0.2, 0.25) is 0 Å². The zero-order chi connectivity index (χ0) is 14.3. The minimum absolute atomic E-state index is 0.0959. The summed E-state index contributed by atoms with van der Waals surface area (Å²) in [7, 11) is 2.05. The number of aryl methyl sites for hydroxylation is 2. The molecule has 0 aliphatic rings. The number of benzene rings is 1. The molecule has 0 aliphatic carbocycles. The molecule has 4 nitrogen and oxygen atoms in total. The first kappa shape index (κ1) is 12.4. The molecule has 3 aromatic rings. The molecule has 2 aromatic heterocycles. The lowest BCUT2D eigenvalue weighted by atomic mass is 10.1. The number of hydrogen-bond acceptors (Lipinski definition) is 1. The number of imidazole rings is 1. The number of hydrogen-bond donors (Lipinski definition) is 2. The fourth-order valence-electron chi connectivity index (χ4n) is 2.44. The van der Waals surface area contributed by atoms with Gasteiger partial charge in [-0.1, -0.05) is 12.1 Å². The fraction of sp³-hybridized carbons (Fsp3) is 0.125. The van der Waals surface area contributed by atoms with E-state index in [1.807, 2.05) is 24.3 Å². The first-order chi connectivity index (χ1) is 9.56. The predicted molar refractivity (Wildman–Crippen MR) is 79.8 cm³/mol. The van der Waals surface area contributed by atoms with Crippen molar-refractivity contribution in [3.8, 4) is 11.3 Å². The molecule has 0 bridgehead atoms. The van der Waals surface area contributed by atoms with Crippen molar-refractivity contribution in [2.45, 2.75) is 6.92 Å². The predicted octanol–water partition coefficient (Wildman–Crippen LogP) is 2.02. The average molecular weight is 265 g/mol. The Morgan fingerprint density at radius 3 is 2.45 bits per heavy atom. The van der Waals surface area contributed by atoms with Crippen LogP contribution < -0.4 is 10.1 Å². The lowest BCUT2D eigenvalue weighted by Crippen LogP contribution is -2.18. The largest absolute Gasteiger partial charge is 0.384 e. The van der Waals surface area contributed by atoms with Crippen molar-refractivity contribution in [3.05, 3.63) is 59.9 Å². The Hall–Kier alpha value is -2.62. The topological polar surface area (TPSA) is 58.9 Å². The molecule has 100 valence electrons. The summed E-state index contributed by atoms with van der Waals surface area (Å²) in [5, 5.41) is 7.43. The van der Waals surface area contributed by atoms with Gasteiger partial charge in [0.1, 0.15) is 12.0 Å². The summed E-state index contributed by atoms with van der Waals surface area (Å²) < 4.78 is 4.28. The number of nitrogen functional groups attached to an aromatic ring is 1. The summed E-state index contributed by atoms with van der Waals surface area (Å²) in [4.78, 5) is 0. The standard InChI is InChI=1S/C16H17N4/c1-11-3-8-15-19(2)14(10-20(15)9-11)12-4-6-13(7-5-12)16(17)18/h3-10H,1-2H3,(H3,17,18)/q+1. The molecule has 0 saturated carbocycles. The Balaban J connectivity index is 2.14. The average Bonchev–Trinajstić information content (AvgIpc) is 2.75. The third kappa shape index (κ3) is 1.95. The molecule has 0 saturated heterocycles. The van der Waals surface area contributed by atoms with Crippen LogP contribution in [-0.2, 0) is 7.05 Å². The van der Waals surface area contributed by atoms with Crippen LogP contribution in [0, 0.1) is 12.3 Å². The van der Waals surface area contributed by atoms with Gasteiger partial charge in [0.25, 0.3) is 5.65 Å². The van der Waals surface area contributed by atoms with Gasteiger partial charge in [0.2, 0.25) is 0 Å². The van der Waals surface area contributed by atoms with Crippen LogP contribution in [0.5, 0.6) is 0 Å². The van der Waals surface area contributed by atoms with Crippen molar-refractivity contribution in [3.63, 3.8) is 0 Å². The Morgan fingerprint density at radius 2 is 1.80 bits per heavy atom. The van der Waals surface area contributed by atoms with Crippen LogP contribution >= 0.6 is 0 Å². The summed E-state index contributed by atoms with van der Waals surface area (Å²) in [6, 6.07) is 12.0. The highest BCUT2D eigenvalue weighted by molar-refractivity contribution is 5.95. The second-order valence-electron chi connectivity index (χ2n) is 5.04. The molecular weight excluding hydrogens is 248 g/mol. The maximum atomic E-state index is 7.43. The number of nitrogens with zero attached hydrogens (tertiary/aromatic N) is 2. The second kappa shape index (κ2) is 4.49. The Labute approximate surface area is 117 Å². The van der Waals surface area contributed by atoms with E-state index in [-0.39, 0.29) is 5.84 Å². The number of rotatable bonds is 2. The zero-order valence-electron chi connectivity index (χ0n) is 11.6. The molecule has 0 fully saturated rings. The number of nitrogens with two attached hydrogens (primary N) is 1. The quantitative estimate of drug-likeness (QED) is 0.416. The number of pyridine rings is 1. The van der Waals surface area contributed by atoms with E-state index in [0.717, 1.165) is 22.5 Å². The molecule has 2 heterocycles. The van der Waals surface area contributed by atoms with Gasteiger partial charge in [-0.15, -0.1) is 0 Å². The van der Waals surface area contributed by atoms with Crippen molar-refractivity contribution in [2.24, 2.45) is 12.8 Å². The van der Waals surface area contributed by atoms with Gasteiger partial charge in [-0.3, -0.25) is 5.41 Å². The summed E-state index contributed by atoms with van der Waals surface area (Å²) >= 11 is 0. The molecule has 4 heteroatoms. The molecular formula is C16H17N4+. The van der Waals surface area contributed by atoms with Gasteiger partial charge >= 0.3 is 0 Å². The minimum atomic E-state index is 0.0959. The zero-order valence-corrected chi connectivity index (χ0v) is 11.6. The summed E-state index contributed by atoms with van der Waals surface area (Å²) in [6.45, 7) is 2.08. The molecule has 3 rings (SSSR count). The normalized spacial score (nSPS) is 10.9. The summed E-state index contributed by atoms with van der Waals surface area (Å²) in [6.07, 6.45) is 4.23. The van der Waals surface area contributed by atoms with Crippen molar-refractivity contribution in [1.29, 1.82) is 5.41 Å². The van der Waals surface area contributed by atoms with Gasteiger partial charge in [-0.05, 0) is 30.7 Å².